The van der Waals surface area contributed by atoms with Gasteiger partial charge in [0.1, 0.15) is 24.4 Å². The van der Waals surface area contributed by atoms with Crippen LogP contribution in [0.2, 0.25) is 0 Å². The average Bonchev–Trinajstić information content (AvgIpc) is 3.56. The molecule has 0 amide bonds. The number of rotatable bonds is 8. The van der Waals surface area contributed by atoms with E-state index in [2.05, 4.69) is 29.4 Å². The molecular weight excluding hydrogens is 420 g/mol. The van der Waals surface area contributed by atoms with Crippen molar-refractivity contribution in [3.8, 4) is 5.88 Å². The number of benzene rings is 1. The zero-order valence-corrected chi connectivity index (χ0v) is 18.5. The minimum absolute atomic E-state index is 0.330. The van der Waals surface area contributed by atoms with Crippen LogP contribution in [0.4, 0.5) is 0 Å². The average molecular weight is 451 g/mol. The molecule has 5 atom stereocenters. The van der Waals surface area contributed by atoms with Gasteiger partial charge < -0.3 is 29.9 Å². The van der Waals surface area contributed by atoms with Crippen LogP contribution in [0.25, 0.3) is 0 Å². The predicted octanol–water partition coefficient (Wildman–Crippen LogP) is 1.09. The Bertz CT molecular complexity index is 883. The van der Waals surface area contributed by atoms with Gasteiger partial charge in [0, 0.05) is 29.1 Å². The summed E-state index contributed by atoms with van der Waals surface area (Å²) in [5.41, 5.74) is 2.97. The third kappa shape index (κ3) is 4.92. The van der Waals surface area contributed by atoms with Crippen molar-refractivity contribution in [1.29, 1.82) is 0 Å². The van der Waals surface area contributed by atoms with Crippen LogP contribution in [0.1, 0.15) is 29.7 Å². The number of hydrogen-bond acceptors (Lipinski definition) is 8. The Labute approximate surface area is 185 Å². The van der Waals surface area contributed by atoms with Gasteiger partial charge in [0.25, 0.3) is 0 Å². The van der Waals surface area contributed by atoms with Crippen LogP contribution in [0.3, 0.4) is 0 Å². The molecule has 0 spiro atoms. The number of aliphatic hydroxyl groups is 4. The minimum Gasteiger partial charge on any atom is -0.443 e. The molecule has 1 saturated heterocycles. The highest BCUT2D eigenvalue weighted by molar-refractivity contribution is 7.98. The molecule has 1 saturated carbocycles. The quantitative estimate of drug-likeness (QED) is 0.442. The van der Waals surface area contributed by atoms with Gasteiger partial charge in [-0.1, -0.05) is 12.1 Å². The Morgan fingerprint density at radius 1 is 1.13 bits per heavy atom. The van der Waals surface area contributed by atoms with Crippen molar-refractivity contribution in [2.45, 2.75) is 68.3 Å². The molecule has 2 aliphatic rings. The van der Waals surface area contributed by atoms with Crippen molar-refractivity contribution >= 4 is 11.8 Å². The van der Waals surface area contributed by atoms with Gasteiger partial charge in [-0.25, -0.2) is 0 Å². The maximum absolute atomic E-state index is 10.4. The molecule has 4 rings (SSSR count). The van der Waals surface area contributed by atoms with Gasteiger partial charge in [-0.15, -0.1) is 16.9 Å². The summed E-state index contributed by atoms with van der Waals surface area (Å²) in [5, 5.41) is 44.6. The summed E-state index contributed by atoms with van der Waals surface area (Å²) >= 11 is 1.68. The topological polar surface area (TPSA) is 117 Å². The van der Waals surface area contributed by atoms with Gasteiger partial charge in [-0.2, -0.15) is 0 Å². The zero-order chi connectivity index (χ0) is 22.1. The summed E-state index contributed by atoms with van der Waals surface area (Å²) in [6.07, 6.45) is -1.67. The lowest BCUT2D eigenvalue weighted by Crippen LogP contribution is -2.60. The van der Waals surface area contributed by atoms with Crippen LogP contribution >= 0.6 is 11.8 Å². The summed E-state index contributed by atoms with van der Waals surface area (Å²) in [7, 11) is 0. The molecule has 1 aliphatic heterocycles. The first-order chi connectivity index (χ1) is 14.9. The van der Waals surface area contributed by atoms with Crippen molar-refractivity contribution in [3.05, 3.63) is 41.1 Å². The standard InChI is InChI=1S/C22H30N2O6S/c1-12-16(9-13-5-7-15(31-2)8-6-13)21(23-24(12)10-14-3-4-14)30-22-20(28)19(27)18(26)17(11-25)29-22/h5-8,14,17-20,22,25-28H,3-4,9-11H2,1-2H3/t17-,18-,19+,20-,22+/m1/s1. The lowest BCUT2D eigenvalue weighted by Gasteiger charge is -2.39. The van der Waals surface area contributed by atoms with Crippen molar-refractivity contribution in [2.75, 3.05) is 12.9 Å². The predicted molar refractivity (Wildman–Crippen MR) is 115 cm³/mol. The van der Waals surface area contributed by atoms with E-state index in [0.29, 0.717) is 18.2 Å². The van der Waals surface area contributed by atoms with Crippen LogP contribution in [0, 0.1) is 12.8 Å². The van der Waals surface area contributed by atoms with Gasteiger partial charge in [-0.3, -0.25) is 4.68 Å². The first-order valence-corrected chi connectivity index (χ1v) is 11.8. The Morgan fingerprint density at radius 3 is 2.45 bits per heavy atom. The van der Waals surface area contributed by atoms with Crippen molar-refractivity contribution in [2.24, 2.45) is 5.92 Å². The van der Waals surface area contributed by atoms with E-state index < -0.39 is 37.3 Å². The number of hydrogen-bond donors (Lipinski definition) is 4. The molecule has 1 aromatic carbocycles. The largest absolute Gasteiger partial charge is 0.443 e. The maximum atomic E-state index is 10.4. The molecule has 1 aliphatic carbocycles. The van der Waals surface area contributed by atoms with Crippen LogP contribution in [-0.2, 0) is 17.7 Å². The SMILES string of the molecule is CSc1ccc(Cc2c(O[C@@H]3O[C@H](CO)[C@@H](O)[C@H](O)[C@H]3O)nn(CC3CC3)c2C)cc1. The monoisotopic (exact) mass is 450 g/mol. The molecule has 31 heavy (non-hydrogen) atoms. The minimum atomic E-state index is -1.49. The van der Waals surface area contributed by atoms with Gasteiger partial charge in [0.05, 0.1) is 6.61 Å². The molecule has 0 unspecified atom stereocenters. The van der Waals surface area contributed by atoms with E-state index in [0.717, 1.165) is 23.4 Å². The Kier molecular flexibility index (Phi) is 6.90. The third-order valence-electron chi connectivity index (χ3n) is 6.04. The van der Waals surface area contributed by atoms with E-state index in [1.165, 1.54) is 17.7 Å². The lowest BCUT2D eigenvalue weighted by molar-refractivity contribution is -0.278. The second-order valence-electron chi connectivity index (χ2n) is 8.33. The normalized spacial score (nSPS) is 28.6. The van der Waals surface area contributed by atoms with Crippen LogP contribution < -0.4 is 4.74 Å². The van der Waals surface area contributed by atoms with Crippen molar-refractivity contribution in [3.63, 3.8) is 0 Å². The molecule has 170 valence electrons. The molecule has 0 radical (unpaired) electrons. The fourth-order valence-corrected chi connectivity index (χ4v) is 4.21. The highest BCUT2D eigenvalue weighted by Gasteiger charge is 2.45. The first kappa shape index (κ1) is 22.6. The van der Waals surface area contributed by atoms with E-state index in [1.807, 2.05) is 17.9 Å². The van der Waals surface area contributed by atoms with Crippen LogP contribution in [-0.4, -0.2) is 73.8 Å². The van der Waals surface area contributed by atoms with E-state index in [9.17, 15) is 20.4 Å². The summed E-state index contributed by atoms with van der Waals surface area (Å²) < 4.78 is 13.4. The molecule has 9 heteroatoms. The molecule has 2 aromatic rings. The molecule has 8 nitrogen and oxygen atoms in total. The van der Waals surface area contributed by atoms with Crippen LogP contribution in [0.15, 0.2) is 29.2 Å². The van der Waals surface area contributed by atoms with E-state index in [-0.39, 0.29) is 0 Å². The molecule has 0 bridgehead atoms. The van der Waals surface area contributed by atoms with Gasteiger partial charge in [-0.05, 0) is 49.6 Å². The summed E-state index contributed by atoms with van der Waals surface area (Å²) in [5.74, 6) is 0.948. The number of thioether (sulfide) groups is 1. The third-order valence-corrected chi connectivity index (χ3v) is 6.78. The fraction of sp³-hybridized carbons (Fsp3) is 0.591. The Morgan fingerprint density at radius 2 is 1.84 bits per heavy atom. The van der Waals surface area contributed by atoms with Gasteiger partial charge >= 0.3 is 0 Å². The first-order valence-electron chi connectivity index (χ1n) is 10.6. The number of aromatic nitrogens is 2. The molecule has 1 aromatic heterocycles. The number of nitrogens with zero attached hydrogens (tertiary/aromatic N) is 2. The second-order valence-corrected chi connectivity index (χ2v) is 9.21. The van der Waals surface area contributed by atoms with Crippen molar-refractivity contribution < 1.29 is 29.9 Å². The van der Waals surface area contributed by atoms with Crippen molar-refractivity contribution in [1.82, 2.24) is 9.78 Å². The van der Waals surface area contributed by atoms with E-state index >= 15 is 0 Å². The fourth-order valence-electron chi connectivity index (χ4n) is 3.80. The molecule has 2 fully saturated rings. The van der Waals surface area contributed by atoms with E-state index in [4.69, 9.17) is 9.47 Å². The Balaban J connectivity index is 1.60. The lowest BCUT2D eigenvalue weighted by atomic mass is 9.99. The highest BCUT2D eigenvalue weighted by atomic mass is 32.2. The zero-order valence-electron chi connectivity index (χ0n) is 17.7. The highest BCUT2D eigenvalue weighted by Crippen LogP contribution is 2.34. The van der Waals surface area contributed by atoms with Crippen LogP contribution in [0.5, 0.6) is 5.88 Å². The Hall–Kier alpha value is -1.62. The molecule has 2 heterocycles. The summed E-state index contributed by atoms with van der Waals surface area (Å²) in [6.45, 7) is 2.30. The smallest absolute Gasteiger partial charge is 0.239 e. The number of aliphatic hydroxyl groups excluding tert-OH is 4. The molecular formula is C22H30N2O6S. The second kappa shape index (κ2) is 9.48. The number of ether oxygens (including phenoxy) is 2. The van der Waals surface area contributed by atoms with Gasteiger partial charge in [0.15, 0.2) is 0 Å². The summed E-state index contributed by atoms with van der Waals surface area (Å²) in [4.78, 5) is 1.18. The maximum Gasteiger partial charge on any atom is 0.239 e. The van der Waals surface area contributed by atoms with Gasteiger partial charge in [0.2, 0.25) is 12.2 Å². The molecule has 4 N–H and O–H groups in total. The summed E-state index contributed by atoms with van der Waals surface area (Å²) in [6, 6.07) is 8.28. The van der Waals surface area contributed by atoms with E-state index in [1.54, 1.807) is 11.8 Å².